The van der Waals surface area contributed by atoms with Gasteiger partial charge in [0.15, 0.2) is 0 Å². The van der Waals surface area contributed by atoms with Crippen LogP contribution in [0.5, 0.6) is 0 Å². The van der Waals surface area contributed by atoms with Crippen molar-refractivity contribution >= 4 is 33.9 Å². The molecule has 6 nitrogen and oxygen atoms in total. The summed E-state index contributed by atoms with van der Waals surface area (Å²) >= 11 is 5.69. The molecule has 0 saturated heterocycles. The van der Waals surface area contributed by atoms with Crippen LogP contribution in [0.25, 0.3) is 0 Å². The molecule has 21 heavy (non-hydrogen) atoms. The molecule has 0 bridgehead atoms. The van der Waals surface area contributed by atoms with Crippen LogP contribution in [0.4, 0.5) is 0 Å². The van der Waals surface area contributed by atoms with Crippen molar-refractivity contribution in [2.24, 2.45) is 5.92 Å². The summed E-state index contributed by atoms with van der Waals surface area (Å²) in [5.74, 6) is -1.11. The smallest absolute Gasteiger partial charge is 0.264 e. The summed E-state index contributed by atoms with van der Waals surface area (Å²) < 4.78 is 26.2. The Balaban J connectivity index is 3.05. The Morgan fingerprint density at radius 2 is 1.81 bits per heavy atom. The summed E-state index contributed by atoms with van der Waals surface area (Å²) in [6, 6.07) is 5.40. The number of hydrogen-bond donors (Lipinski definition) is 2. The highest BCUT2D eigenvalue weighted by molar-refractivity contribution is 7.90. The zero-order valence-electron chi connectivity index (χ0n) is 11.9. The van der Waals surface area contributed by atoms with Gasteiger partial charge in [-0.3, -0.25) is 9.59 Å². The van der Waals surface area contributed by atoms with Gasteiger partial charge < -0.3 is 5.32 Å². The Morgan fingerprint density at radius 3 is 2.24 bits per heavy atom. The van der Waals surface area contributed by atoms with Crippen LogP contribution in [0.3, 0.4) is 0 Å². The van der Waals surface area contributed by atoms with Gasteiger partial charge in [-0.15, -0.1) is 0 Å². The molecule has 0 aliphatic rings. The van der Waals surface area contributed by atoms with E-state index in [4.69, 9.17) is 11.6 Å². The third-order valence-corrected chi connectivity index (χ3v) is 4.94. The number of halogens is 1. The van der Waals surface area contributed by atoms with Gasteiger partial charge in [0.05, 0.1) is 4.90 Å². The molecule has 0 aliphatic heterocycles. The van der Waals surface area contributed by atoms with Gasteiger partial charge in [-0.1, -0.05) is 25.4 Å². The van der Waals surface area contributed by atoms with E-state index in [-0.39, 0.29) is 10.8 Å². The fraction of sp³-hybridized carbons (Fsp3) is 0.385. The minimum absolute atomic E-state index is 0.0857. The van der Waals surface area contributed by atoms with Crippen molar-refractivity contribution in [1.29, 1.82) is 0 Å². The van der Waals surface area contributed by atoms with Crippen LogP contribution < -0.4 is 10.0 Å². The van der Waals surface area contributed by atoms with Gasteiger partial charge in [-0.25, -0.2) is 13.1 Å². The first-order chi connectivity index (χ1) is 9.63. The van der Waals surface area contributed by atoms with E-state index in [1.807, 2.05) is 4.72 Å². The number of carbonyl (C=O) groups excluding carboxylic acids is 2. The van der Waals surface area contributed by atoms with Gasteiger partial charge >= 0.3 is 0 Å². The highest BCUT2D eigenvalue weighted by Crippen LogP contribution is 2.19. The quantitative estimate of drug-likeness (QED) is 0.768. The first-order valence-corrected chi connectivity index (χ1v) is 8.03. The Hall–Kier alpha value is -1.60. The zero-order valence-corrected chi connectivity index (χ0v) is 13.5. The van der Waals surface area contributed by atoms with Crippen molar-refractivity contribution in [2.75, 3.05) is 0 Å². The van der Waals surface area contributed by atoms with E-state index >= 15 is 0 Å². The van der Waals surface area contributed by atoms with E-state index in [0.29, 0.717) is 11.4 Å². The maximum absolute atomic E-state index is 12.2. The number of hydrogen-bond acceptors (Lipinski definition) is 4. The third kappa shape index (κ3) is 3.95. The number of nitrogens with one attached hydrogen (secondary N) is 2. The van der Waals surface area contributed by atoms with Crippen molar-refractivity contribution in [3.8, 4) is 0 Å². The Bertz CT molecular complexity index is 628. The van der Waals surface area contributed by atoms with Crippen LogP contribution in [0.15, 0.2) is 29.2 Å². The van der Waals surface area contributed by atoms with Gasteiger partial charge in [0.1, 0.15) is 5.54 Å². The van der Waals surface area contributed by atoms with Crippen LogP contribution in [0.1, 0.15) is 20.8 Å². The molecule has 2 amide bonds. The van der Waals surface area contributed by atoms with Crippen LogP contribution >= 0.6 is 11.6 Å². The molecule has 2 N–H and O–H groups in total. The van der Waals surface area contributed by atoms with Gasteiger partial charge in [0.25, 0.3) is 15.9 Å². The lowest BCUT2D eigenvalue weighted by atomic mass is 9.88. The minimum atomic E-state index is -4.03. The molecule has 0 heterocycles. The van der Waals surface area contributed by atoms with Crippen LogP contribution in [-0.4, -0.2) is 26.3 Å². The lowest BCUT2D eigenvalue weighted by molar-refractivity contribution is -0.129. The fourth-order valence-corrected chi connectivity index (χ4v) is 2.71. The lowest BCUT2D eigenvalue weighted by Crippen LogP contribution is -2.58. The van der Waals surface area contributed by atoms with Crippen molar-refractivity contribution in [2.45, 2.75) is 31.2 Å². The number of carbonyl (C=O) groups is 2. The van der Waals surface area contributed by atoms with Crippen molar-refractivity contribution < 1.29 is 18.0 Å². The first kappa shape index (κ1) is 17.5. The molecule has 8 heteroatoms. The Labute approximate surface area is 128 Å². The summed E-state index contributed by atoms with van der Waals surface area (Å²) in [6.07, 6.45) is 0.370. The van der Waals surface area contributed by atoms with E-state index < -0.39 is 21.5 Å². The number of benzene rings is 1. The van der Waals surface area contributed by atoms with Gasteiger partial charge in [0, 0.05) is 5.02 Å². The van der Waals surface area contributed by atoms with Crippen LogP contribution in [0, 0.1) is 5.92 Å². The summed E-state index contributed by atoms with van der Waals surface area (Å²) in [4.78, 5) is 22.8. The van der Waals surface area contributed by atoms with Crippen molar-refractivity contribution in [3.63, 3.8) is 0 Å². The highest BCUT2D eigenvalue weighted by atomic mass is 35.5. The molecule has 0 fully saturated rings. The molecule has 0 radical (unpaired) electrons. The molecule has 0 aromatic heterocycles. The maximum atomic E-state index is 12.2. The Kier molecular flexibility index (Phi) is 5.36. The van der Waals surface area contributed by atoms with Crippen LogP contribution in [-0.2, 0) is 19.6 Å². The molecule has 0 saturated carbocycles. The van der Waals surface area contributed by atoms with E-state index in [1.54, 1.807) is 13.8 Å². The van der Waals surface area contributed by atoms with Crippen molar-refractivity contribution in [3.05, 3.63) is 29.3 Å². The predicted molar refractivity (Wildman–Crippen MR) is 79.2 cm³/mol. The molecule has 1 atom stereocenters. The number of rotatable bonds is 6. The predicted octanol–water partition coefficient (Wildman–Crippen LogP) is 1.31. The second-order valence-corrected chi connectivity index (χ2v) is 7.13. The average Bonchev–Trinajstić information content (AvgIpc) is 2.38. The van der Waals surface area contributed by atoms with E-state index in [2.05, 4.69) is 5.32 Å². The monoisotopic (exact) mass is 332 g/mol. The highest BCUT2D eigenvalue weighted by Gasteiger charge is 2.38. The first-order valence-electron chi connectivity index (χ1n) is 6.17. The summed E-state index contributed by atoms with van der Waals surface area (Å²) in [7, 11) is -4.03. The van der Waals surface area contributed by atoms with Gasteiger partial charge in [-0.2, -0.15) is 0 Å². The molecule has 0 aliphatic carbocycles. The van der Waals surface area contributed by atoms with E-state index in [9.17, 15) is 18.0 Å². The molecule has 116 valence electrons. The third-order valence-electron chi connectivity index (χ3n) is 3.34. The number of sulfonamides is 1. The lowest BCUT2D eigenvalue weighted by Gasteiger charge is -2.31. The molecule has 1 aromatic carbocycles. The summed E-state index contributed by atoms with van der Waals surface area (Å²) in [5, 5.41) is 2.75. The second-order valence-electron chi connectivity index (χ2n) is 5.01. The minimum Gasteiger partial charge on any atom is -0.344 e. The molecular weight excluding hydrogens is 316 g/mol. The summed E-state index contributed by atoms with van der Waals surface area (Å²) in [5.41, 5.74) is -1.33. The average molecular weight is 333 g/mol. The summed E-state index contributed by atoms with van der Waals surface area (Å²) in [6.45, 7) is 4.86. The second kappa shape index (κ2) is 6.44. The van der Waals surface area contributed by atoms with Gasteiger partial charge in [0.2, 0.25) is 6.41 Å². The SMILES string of the molecule is CC(C)C(C)(NC=O)C(=O)NS(=O)(=O)c1ccc(Cl)cc1. The topological polar surface area (TPSA) is 92.3 Å². The molecule has 1 aromatic rings. The largest absolute Gasteiger partial charge is 0.344 e. The normalized spacial score (nSPS) is 14.3. The molecule has 1 unspecified atom stereocenters. The van der Waals surface area contributed by atoms with E-state index in [0.717, 1.165) is 0 Å². The number of amides is 2. The molecular formula is C13H17ClN2O4S. The molecule has 0 spiro atoms. The van der Waals surface area contributed by atoms with Gasteiger partial charge in [-0.05, 0) is 37.1 Å². The molecule has 1 rings (SSSR count). The standard InChI is InChI=1S/C13H17ClN2O4S/c1-9(2)13(3,15-8-17)12(18)16-21(19,20)11-6-4-10(14)5-7-11/h4-9H,1-3H3,(H,15,17)(H,16,18). The fourth-order valence-electron chi connectivity index (χ4n) is 1.52. The van der Waals surface area contributed by atoms with Crippen LogP contribution in [0.2, 0.25) is 5.02 Å². The zero-order chi connectivity index (χ0) is 16.3. The van der Waals surface area contributed by atoms with Crippen molar-refractivity contribution in [1.82, 2.24) is 10.0 Å². The Morgan fingerprint density at radius 1 is 1.29 bits per heavy atom. The van der Waals surface area contributed by atoms with E-state index in [1.165, 1.54) is 31.2 Å². The maximum Gasteiger partial charge on any atom is 0.264 e.